The minimum absolute atomic E-state index is 0.117. The molecule has 2 aliphatic rings. The summed E-state index contributed by atoms with van der Waals surface area (Å²) < 4.78 is 0. The van der Waals surface area contributed by atoms with Crippen LogP contribution in [0.1, 0.15) is 52.4 Å². The first kappa shape index (κ1) is 13.8. The summed E-state index contributed by atoms with van der Waals surface area (Å²) in [7, 11) is 0. The molecule has 0 spiro atoms. The van der Waals surface area contributed by atoms with Gasteiger partial charge in [-0.1, -0.05) is 12.8 Å². The van der Waals surface area contributed by atoms with Gasteiger partial charge in [-0.05, 0) is 46.1 Å². The van der Waals surface area contributed by atoms with E-state index in [-0.39, 0.29) is 11.9 Å². The van der Waals surface area contributed by atoms with Crippen LogP contribution in [0, 0.1) is 0 Å². The molecule has 1 atom stereocenters. The number of carbonyl (C=O) groups is 1. The van der Waals surface area contributed by atoms with Crippen molar-refractivity contribution >= 4 is 5.91 Å². The highest BCUT2D eigenvalue weighted by molar-refractivity contribution is 5.78. The largest absolute Gasteiger partial charge is 0.389 e. The van der Waals surface area contributed by atoms with Crippen molar-refractivity contribution < 1.29 is 9.90 Å². The Bertz CT molecular complexity index is 293. The average Bonchev–Trinajstić information content (AvgIpc) is 2.87. The van der Waals surface area contributed by atoms with Gasteiger partial charge in [0.25, 0.3) is 0 Å². The first-order valence-corrected chi connectivity index (χ1v) is 7.22. The molecule has 18 heavy (non-hydrogen) atoms. The van der Waals surface area contributed by atoms with Crippen molar-refractivity contribution in [2.75, 3.05) is 13.1 Å². The molecule has 2 rings (SSSR count). The third kappa shape index (κ3) is 3.45. The highest BCUT2D eigenvalue weighted by Crippen LogP contribution is 2.26. The Hall–Kier alpha value is -0.610. The number of aliphatic hydroxyl groups is 1. The van der Waals surface area contributed by atoms with Crippen LogP contribution in [0.5, 0.6) is 0 Å². The van der Waals surface area contributed by atoms with Crippen molar-refractivity contribution in [3.05, 3.63) is 0 Å². The molecule has 4 heteroatoms. The van der Waals surface area contributed by atoms with E-state index in [4.69, 9.17) is 0 Å². The molecule has 0 aromatic rings. The molecule has 1 unspecified atom stereocenters. The van der Waals surface area contributed by atoms with Crippen LogP contribution in [0.4, 0.5) is 0 Å². The van der Waals surface area contributed by atoms with E-state index < -0.39 is 5.60 Å². The lowest BCUT2D eigenvalue weighted by Gasteiger charge is -2.33. The van der Waals surface area contributed by atoms with Crippen LogP contribution < -0.4 is 5.32 Å². The molecule has 1 saturated heterocycles. The van der Waals surface area contributed by atoms with Crippen molar-refractivity contribution in [1.82, 2.24) is 10.2 Å². The smallest absolute Gasteiger partial charge is 0.234 e. The molecule has 0 bridgehead atoms. The number of nitrogens with one attached hydrogen (secondary N) is 1. The van der Waals surface area contributed by atoms with E-state index in [9.17, 15) is 9.90 Å². The fraction of sp³-hybridized carbons (Fsp3) is 0.929. The van der Waals surface area contributed by atoms with Gasteiger partial charge in [0.15, 0.2) is 0 Å². The van der Waals surface area contributed by atoms with Crippen LogP contribution in [-0.4, -0.2) is 46.7 Å². The van der Waals surface area contributed by atoms with E-state index in [1.54, 1.807) is 0 Å². The lowest BCUT2D eigenvalue weighted by Crippen LogP contribution is -2.49. The van der Waals surface area contributed by atoms with E-state index in [0.29, 0.717) is 12.6 Å². The van der Waals surface area contributed by atoms with Gasteiger partial charge in [0, 0.05) is 12.1 Å². The fourth-order valence-electron chi connectivity index (χ4n) is 3.34. The quantitative estimate of drug-likeness (QED) is 0.794. The average molecular weight is 254 g/mol. The molecule has 0 aromatic carbocycles. The van der Waals surface area contributed by atoms with Crippen molar-refractivity contribution in [3.8, 4) is 0 Å². The third-order valence-corrected chi connectivity index (χ3v) is 4.25. The molecule has 1 saturated carbocycles. The third-order valence-electron chi connectivity index (χ3n) is 4.25. The highest BCUT2D eigenvalue weighted by Gasteiger charge is 2.36. The molecule has 2 fully saturated rings. The maximum atomic E-state index is 12.0. The molecule has 104 valence electrons. The monoisotopic (exact) mass is 254 g/mol. The van der Waals surface area contributed by atoms with E-state index in [1.807, 2.05) is 13.8 Å². The lowest BCUT2D eigenvalue weighted by atomic mass is 9.97. The van der Waals surface area contributed by atoms with Gasteiger partial charge in [-0.3, -0.25) is 9.69 Å². The minimum atomic E-state index is -0.718. The Labute approximate surface area is 110 Å². The molecule has 2 N–H and O–H groups in total. The minimum Gasteiger partial charge on any atom is -0.389 e. The van der Waals surface area contributed by atoms with Gasteiger partial charge >= 0.3 is 0 Å². The maximum absolute atomic E-state index is 12.0. The van der Waals surface area contributed by atoms with Crippen LogP contribution in [0.2, 0.25) is 0 Å². The zero-order valence-corrected chi connectivity index (χ0v) is 11.6. The Morgan fingerprint density at radius 1 is 1.28 bits per heavy atom. The first-order chi connectivity index (χ1) is 8.47. The second-order valence-corrected chi connectivity index (χ2v) is 6.33. The molecule has 4 nitrogen and oxygen atoms in total. The summed E-state index contributed by atoms with van der Waals surface area (Å²) in [4.78, 5) is 14.1. The zero-order chi connectivity index (χ0) is 13.2. The topological polar surface area (TPSA) is 52.6 Å². The standard InChI is InChI=1S/C14H26N2O2/c1-14(2,18)12-8-5-9-16(12)10-13(17)15-11-6-3-4-7-11/h11-12,18H,3-10H2,1-2H3,(H,15,17). The SMILES string of the molecule is CC(C)(O)C1CCCN1CC(=O)NC1CCCC1. The van der Waals surface area contributed by atoms with Crippen LogP contribution in [-0.2, 0) is 4.79 Å². The van der Waals surface area contributed by atoms with E-state index in [0.717, 1.165) is 32.2 Å². The van der Waals surface area contributed by atoms with E-state index in [1.165, 1.54) is 12.8 Å². The summed E-state index contributed by atoms with van der Waals surface area (Å²) in [6.07, 6.45) is 6.79. The van der Waals surface area contributed by atoms with Crippen molar-refractivity contribution in [2.24, 2.45) is 0 Å². The zero-order valence-electron chi connectivity index (χ0n) is 11.6. The fourth-order valence-corrected chi connectivity index (χ4v) is 3.34. The van der Waals surface area contributed by atoms with Gasteiger partial charge < -0.3 is 10.4 Å². The second-order valence-electron chi connectivity index (χ2n) is 6.33. The number of nitrogens with zero attached hydrogens (tertiary/aromatic N) is 1. The molecule has 1 amide bonds. The van der Waals surface area contributed by atoms with Crippen LogP contribution >= 0.6 is 0 Å². The predicted octanol–water partition coefficient (Wildman–Crippen LogP) is 1.28. The van der Waals surface area contributed by atoms with Crippen molar-refractivity contribution in [3.63, 3.8) is 0 Å². The van der Waals surface area contributed by atoms with Crippen LogP contribution in [0.3, 0.4) is 0 Å². The molecule has 0 radical (unpaired) electrons. The summed E-state index contributed by atoms with van der Waals surface area (Å²) in [6.45, 7) is 5.04. The molecule has 1 aliphatic carbocycles. The highest BCUT2D eigenvalue weighted by atomic mass is 16.3. The number of hydrogen-bond acceptors (Lipinski definition) is 3. The van der Waals surface area contributed by atoms with Gasteiger partial charge in [0.1, 0.15) is 0 Å². The van der Waals surface area contributed by atoms with Gasteiger partial charge in [-0.2, -0.15) is 0 Å². The summed E-state index contributed by atoms with van der Waals surface area (Å²) in [6, 6.07) is 0.507. The Balaban J connectivity index is 1.82. The summed E-state index contributed by atoms with van der Waals surface area (Å²) in [5.74, 6) is 0.123. The molecular formula is C14H26N2O2. The van der Waals surface area contributed by atoms with E-state index >= 15 is 0 Å². The Morgan fingerprint density at radius 2 is 1.94 bits per heavy atom. The molecule has 0 aromatic heterocycles. The maximum Gasteiger partial charge on any atom is 0.234 e. The number of amides is 1. The van der Waals surface area contributed by atoms with E-state index in [2.05, 4.69) is 10.2 Å². The second kappa shape index (κ2) is 5.57. The summed E-state index contributed by atoms with van der Waals surface area (Å²) in [5.41, 5.74) is -0.718. The van der Waals surface area contributed by atoms with Gasteiger partial charge in [-0.25, -0.2) is 0 Å². The van der Waals surface area contributed by atoms with Crippen LogP contribution in [0.15, 0.2) is 0 Å². The van der Waals surface area contributed by atoms with Gasteiger partial charge in [0.05, 0.1) is 12.1 Å². The molecule has 1 heterocycles. The lowest BCUT2D eigenvalue weighted by molar-refractivity contribution is -0.124. The van der Waals surface area contributed by atoms with Crippen LogP contribution in [0.25, 0.3) is 0 Å². The van der Waals surface area contributed by atoms with Crippen molar-refractivity contribution in [2.45, 2.75) is 70.1 Å². The molecule has 1 aliphatic heterocycles. The summed E-state index contributed by atoms with van der Waals surface area (Å²) in [5, 5.41) is 13.2. The van der Waals surface area contributed by atoms with Gasteiger partial charge in [0.2, 0.25) is 5.91 Å². The predicted molar refractivity (Wildman–Crippen MR) is 71.3 cm³/mol. The summed E-state index contributed by atoms with van der Waals surface area (Å²) >= 11 is 0. The van der Waals surface area contributed by atoms with Crippen molar-refractivity contribution in [1.29, 1.82) is 0 Å². The Morgan fingerprint density at radius 3 is 2.56 bits per heavy atom. The Kier molecular flexibility index (Phi) is 4.28. The number of carbonyl (C=O) groups excluding carboxylic acids is 1. The molecular weight excluding hydrogens is 228 g/mol. The normalized spacial score (nSPS) is 26.7. The number of rotatable bonds is 4. The van der Waals surface area contributed by atoms with Gasteiger partial charge in [-0.15, -0.1) is 0 Å². The number of likely N-dealkylation sites (tertiary alicyclic amines) is 1. The number of hydrogen-bond donors (Lipinski definition) is 2. The first-order valence-electron chi connectivity index (χ1n) is 7.22.